The predicted octanol–water partition coefficient (Wildman–Crippen LogP) is 2.91. The Morgan fingerprint density at radius 1 is 1.32 bits per heavy atom. The van der Waals surface area contributed by atoms with Crippen LogP contribution in [0.3, 0.4) is 0 Å². The van der Waals surface area contributed by atoms with Gasteiger partial charge in [-0.15, -0.1) is 0 Å². The van der Waals surface area contributed by atoms with Crippen molar-refractivity contribution in [2.24, 2.45) is 0 Å². The number of anilines is 1. The Kier molecular flexibility index (Phi) is 5.62. The predicted molar refractivity (Wildman–Crippen MR) is 86.8 cm³/mol. The van der Waals surface area contributed by atoms with Crippen LogP contribution in [0.25, 0.3) is 10.2 Å². The van der Waals surface area contributed by atoms with Crippen molar-refractivity contribution in [2.45, 2.75) is 19.8 Å². The summed E-state index contributed by atoms with van der Waals surface area (Å²) in [5, 5.41) is 3.02. The molecule has 0 aliphatic heterocycles. The largest absolute Gasteiger partial charge is 0.456 e. The van der Waals surface area contributed by atoms with Gasteiger partial charge in [0, 0.05) is 10.9 Å². The fourth-order valence-corrected chi connectivity index (χ4v) is 3.04. The molecule has 0 saturated heterocycles. The summed E-state index contributed by atoms with van der Waals surface area (Å²) in [6.45, 7) is 1.00. The van der Waals surface area contributed by atoms with Gasteiger partial charge in [0.05, 0.1) is 16.6 Å². The van der Waals surface area contributed by atoms with Gasteiger partial charge in [0.1, 0.15) is 5.78 Å². The lowest BCUT2D eigenvalue weighted by molar-refractivity contribution is -0.148. The van der Waals surface area contributed by atoms with E-state index >= 15 is 0 Å². The molecule has 0 fully saturated rings. The van der Waals surface area contributed by atoms with Crippen molar-refractivity contribution < 1.29 is 19.1 Å². The minimum absolute atomic E-state index is 0.0161. The highest BCUT2D eigenvalue weighted by Crippen LogP contribution is 2.28. The van der Waals surface area contributed by atoms with E-state index in [4.69, 9.17) is 4.74 Å². The Morgan fingerprint density at radius 2 is 2.09 bits per heavy atom. The molecule has 0 aliphatic carbocycles. The fraction of sp³-hybridized carbons (Fsp3) is 0.286. The van der Waals surface area contributed by atoms with Crippen LogP contribution in [0.5, 0.6) is 0 Å². The Morgan fingerprint density at radius 3 is 2.82 bits per heavy atom. The first-order valence-electron chi connectivity index (χ1n) is 6.45. The molecular weight excluding hydrogens is 372 g/mol. The van der Waals surface area contributed by atoms with Crippen molar-refractivity contribution in [3.8, 4) is 0 Å². The van der Waals surface area contributed by atoms with Gasteiger partial charge in [0.15, 0.2) is 11.7 Å². The van der Waals surface area contributed by atoms with E-state index in [9.17, 15) is 14.4 Å². The number of ketones is 1. The van der Waals surface area contributed by atoms with Crippen molar-refractivity contribution in [1.29, 1.82) is 0 Å². The van der Waals surface area contributed by atoms with Crippen LogP contribution >= 0.6 is 27.3 Å². The molecule has 1 aromatic carbocycles. The average Bonchev–Trinajstić information content (AvgIpc) is 2.84. The van der Waals surface area contributed by atoms with Gasteiger partial charge >= 0.3 is 5.97 Å². The first kappa shape index (κ1) is 16.6. The number of halogens is 1. The summed E-state index contributed by atoms with van der Waals surface area (Å²) in [6.07, 6.45) is 0.102. The molecule has 0 atom stereocenters. The second-order valence-corrected chi connectivity index (χ2v) is 6.49. The molecular formula is C14H13BrN2O4S. The normalized spacial score (nSPS) is 10.5. The van der Waals surface area contributed by atoms with Gasteiger partial charge in [-0.25, -0.2) is 4.98 Å². The molecule has 116 valence electrons. The summed E-state index contributed by atoms with van der Waals surface area (Å²) in [5.74, 6) is -1.13. The third-order valence-corrected chi connectivity index (χ3v) is 4.07. The van der Waals surface area contributed by atoms with Crippen molar-refractivity contribution in [1.82, 2.24) is 4.98 Å². The van der Waals surface area contributed by atoms with E-state index in [0.29, 0.717) is 5.13 Å². The van der Waals surface area contributed by atoms with Crippen molar-refractivity contribution in [3.63, 3.8) is 0 Å². The summed E-state index contributed by atoms with van der Waals surface area (Å²) in [5.41, 5.74) is 0.780. The van der Waals surface area contributed by atoms with Gasteiger partial charge in [-0.2, -0.15) is 0 Å². The number of hydrogen-bond donors (Lipinski definition) is 1. The number of hydrogen-bond acceptors (Lipinski definition) is 6. The molecule has 1 aromatic heterocycles. The Hall–Kier alpha value is -1.80. The molecule has 6 nitrogen and oxygen atoms in total. The van der Waals surface area contributed by atoms with Crippen LogP contribution in [0.2, 0.25) is 0 Å². The Balaban J connectivity index is 1.85. The molecule has 2 rings (SSSR count). The van der Waals surface area contributed by atoms with Gasteiger partial charge in [-0.05, 0) is 25.1 Å². The molecule has 22 heavy (non-hydrogen) atoms. The molecule has 0 saturated carbocycles. The molecule has 0 radical (unpaired) electrons. The first-order valence-corrected chi connectivity index (χ1v) is 8.06. The molecule has 0 aliphatic rings. The Labute approximate surface area is 139 Å². The lowest BCUT2D eigenvalue weighted by Gasteiger charge is -2.03. The van der Waals surface area contributed by atoms with E-state index in [-0.39, 0.29) is 18.6 Å². The monoisotopic (exact) mass is 384 g/mol. The number of benzene rings is 1. The zero-order chi connectivity index (χ0) is 16.1. The summed E-state index contributed by atoms with van der Waals surface area (Å²) in [6, 6.07) is 5.61. The van der Waals surface area contributed by atoms with Crippen LogP contribution in [0.4, 0.5) is 5.13 Å². The molecule has 0 spiro atoms. The molecule has 8 heteroatoms. The number of ether oxygens (including phenoxy) is 1. The SMILES string of the molecule is CC(=O)CCC(=O)OCC(=O)Nc1nc2ccc(Br)cc2s1. The Bertz CT molecular complexity index is 729. The minimum atomic E-state index is -0.571. The highest BCUT2D eigenvalue weighted by atomic mass is 79.9. The van der Waals surface area contributed by atoms with E-state index < -0.39 is 18.5 Å². The van der Waals surface area contributed by atoms with Crippen molar-refractivity contribution in [3.05, 3.63) is 22.7 Å². The van der Waals surface area contributed by atoms with Crippen LogP contribution in [0.15, 0.2) is 22.7 Å². The molecule has 1 amide bonds. The number of esters is 1. The zero-order valence-electron chi connectivity index (χ0n) is 11.7. The van der Waals surface area contributed by atoms with E-state index in [2.05, 4.69) is 26.2 Å². The smallest absolute Gasteiger partial charge is 0.306 e. The van der Waals surface area contributed by atoms with E-state index in [1.165, 1.54) is 18.3 Å². The van der Waals surface area contributed by atoms with Gasteiger partial charge in [0.25, 0.3) is 5.91 Å². The number of thiazole rings is 1. The van der Waals surface area contributed by atoms with Crippen LogP contribution in [0.1, 0.15) is 19.8 Å². The highest BCUT2D eigenvalue weighted by molar-refractivity contribution is 9.10. The third-order valence-electron chi connectivity index (χ3n) is 2.64. The lowest BCUT2D eigenvalue weighted by atomic mass is 10.2. The van der Waals surface area contributed by atoms with Gasteiger partial charge in [-0.1, -0.05) is 27.3 Å². The maximum absolute atomic E-state index is 11.7. The third kappa shape index (κ3) is 4.88. The second-order valence-electron chi connectivity index (χ2n) is 4.54. The molecule has 0 unspecified atom stereocenters. The number of nitrogens with zero attached hydrogens (tertiary/aromatic N) is 1. The second kappa shape index (κ2) is 7.46. The van der Waals surface area contributed by atoms with Gasteiger partial charge < -0.3 is 9.53 Å². The standard InChI is InChI=1S/C14H13BrN2O4S/c1-8(18)2-5-13(20)21-7-12(19)17-14-16-10-4-3-9(15)6-11(10)22-14/h3-4,6H,2,5,7H2,1H3,(H,16,17,19). The van der Waals surface area contributed by atoms with Crippen molar-refractivity contribution in [2.75, 3.05) is 11.9 Å². The van der Waals surface area contributed by atoms with E-state index in [0.717, 1.165) is 14.7 Å². The maximum Gasteiger partial charge on any atom is 0.306 e. The molecule has 0 bridgehead atoms. The van der Waals surface area contributed by atoms with Gasteiger partial charge in [-0.3, -0.25) is 14.9 Å². The summed E-state index contributed by atoms with van der Waals surface area (Å²) in [7, 11) is 0. The van der Waals surface area contributed by atoms with E-state index in [1.54, 1.807) is 0 Å². The number of carbonyl (C=O) groups excluding carboxylic acids is 3. The average molecular weight is 385 g/mol. The minimum Gasteiger partial charge on any atom is -0.456 e. The highest BCUT2D eigenvalue weighted by Gasteiger charge is 2.11. The number of carbonyl (C=O) groups is 3. The van der Waals surface area contributed by atoms with Crippen LogP contribution in [-0.4, -0.2) is 29.3 Å². The summed E-state index contributed by atoms with van der Waals surface area (Å²) >= 11 is 4.70. The quantitative estimate of drug-likeness (QED) is 0.773. The number of Topliss-reactive ketones (excluding diaryl/α,β-unsaturated/α-hetero) is 1. The molecule has 1 N–H and O–H groups in total. The van der Waals surface area contributed by atoms with Gasteiger partial charge in [0.2, 0.25) is 0 Å². The summed E-state index contributed by atoms with van der Waals surface area (Å²) in [4.78, 5) is 38.0. The maximum atomic E-state index is 11.7. The number of amides is 1. The lowest BCUT2D eigenvalue weighted by Crippen LogP contribution is -2.20. The number of fused-ring (bicyclic) bond motifs is 1. The topological polar surface area (TPSA) is 85.4 Å². The van der Waals surface area contributed by atoms with Crippen LogP contribution in [-0.2, 0) is 19.1 Å². The number of rotatable bonds is 6. The first-order chi connectivity index (χ1) is 10.4. The fourth-order valence-electron chi connectivity index (χ4n) is 1.60. The van der Waals surface area contributed by atoms with E-state index in [1.807, 2.05) is 18.2 Å². The molecule has 2 aromatic rings. The van der Waals surface area contributed by atoms with Crippen LogP contribution < -0.4 is 5.32 Å². The van der Waals surface area contributed by atoms with Crippen molar-refractivity contribution >= 4 is 60.3 Å². The number of aromatic nitrogens is 1. The zero-order valence-corrected chi connectivity index (χ0v) is 14.1. The number of nitrogens with one attached hydrogen (secondary N) is 1. The molecule has 1 heterocycles. The van der Waals surface area contributed by atoms with Crippen LogP contribution in [0, 0.1) is 0 Å². The summed E-state index contributed by atoms with van der Waals surface area (Å²) < 4.78 is 6.65.